The first-order valence-corrected chi connectivity index (χ1v) is 17.2. The number of nitrogens with two attached hydrogens (primary N) is 1. The third kappa shape index (κ3) is 9.45. The second-order valence-corrected chi connectivity index (χ2v) is 13.1. The number of alkyl halides is 3. The fourth-order valence-electron chi connectivity index (χ4n) is 6.53. The van der Waals surface area contributed by atoms with E-state index in [0.717, 1.165) is 37.3 Å². The van der Waals surface area contributed by atoms with Gasteiger partial charge in [-0.3, -0.25) is 24.7 Å². The lowest BCUT2D eigenvalue weighted by Gasteiger charge is -2.35. The van der Waals surface area contributed by atoms with Gasteiger partial charge in [0.25, 0.3) is 11.8 Å². The van der Waals surface area contributed by atoms with Crippen LogP contribution in [0.15, 0.2) is 109 Å². The van der Waals surface area contributed by atoms with Crippen LogP contribution < -0.4 is 16.5 Å². The smallest absolute Gasteiger partial charge is 0.369 e. The highest BCUT2D eigenvalue weighted by Gasteiger charge is 2.30. The number of rotatable bonds is 13. The Morgan fingerprint density at radius 1 is 0.769 bits per heavy atom. The lowest BCUT2D eigenvalue weighted by molar-refractivity contribution is -0.137. The number of aryl methyl sites for hydroxylation is 1. The number of piperazine rings is 1. The molecule has 3 amide bonds. The number of halogens is 3. The molecule has 0 saturated carbocycles. The molecule has 1 aromatic heterocycles. The van der Waals surface area contributed by atoms with Crippen LogP contribution in [0.3, 0.4) is 0 Å². The van der Waals surface area contributed by atoms with Crippen LogP contribution in [0.5, 0.6) is 0 Å². The van der Waals surface area contributed by atoms with E-state index in [0.29, 0.717) is 48.0 Å². The molecule has 5 aromatic rings. The Morgan fingerprint density at radius 2 is 1.40 bits per heavy atom. The number of carbonyl (C=O) groups excluding carboxylic acids is 3. The Bertz CT molecular complexity index is 1990. The first kappa shape index (κ1) is 36.3. The van der Waals surface area contributed by atoms with E-state index >= 15 is 0 Å². The molecule has 1 fully saturated rings. The molecular formula is C40H41F3N6O3. The van der Waals surface area contributed by atoms with Crippen molar-refractivity contribution in [2.45, 2.75) is 44.6 Å². The van der Waals surface area contributed by atoms with Crippen molar-refractivity contribution in [3.8, 4) is 0 Å². The van der Waals surface area contributed by atoms with E-state index in [1.54, 1.807) is 24.4 Å². The van der Waals surface area contributed by atoms with Crippen molar-refractivity contribution < 1.29 is 27.6 Å². The molecule has 0 spiro atoms. The normalized spacial score (nSPS) is 14.6. The summed E-state index contributed by atoms with van der Waals surface area (Å²) in [5, 5.41) is 5.45. The molecule has 12 heteroatoms. The summed E-state index contributed by atoms with van der Waals surface area (Å²) in [6.07, 6.45) is -1.87. The van der Waals surface area contributed by atoms with Crippen LogP contribution >= 0.6 is 0 Å². The fourth-order valence-corrected chi connectivity index (χ4v) is 6.53. The predicted octanol–water partition coefficient (Wildman–Crippen LogP) is 5.32. The molecule has 1 aliphatic rings. The Kier molecular flexibility index (Phi) is 11.4. The molecule has 4 aromatic carbocycles. The minimum Gasteiger partial charge on any atom is -0.369 e. The van der Waals surface area contributed by atoms with Crippen molar-refractivity contribution in [3.63, 3.8) is 0 Å². The first-order chi connectivity index (χ1) is 25.0. The molecule has 1 aliphatic heterocycles. The van der Waals surface area contributed by atoms with Crippen LogP contribution in [0.2, 0.25) is 0 Å². The van der Waals surface area contributed by atoms with Gasteiger partial charge in [-0.15, -0.1) is 0 Å². The van der Waals surface area contributed by atoms with Crippen LogP contribution in [0.4, 0.5) is 13.2 Å². The Balaban J connectivity index is 1.17. The number of primary amides is 1. The maximum Gasteiger partial charge on any atom is 0.416 e. The van der Waals surface area contributed by atoms with Crippen LogP contribution in [0, 0.1) is 0 Å². The van der Waals surface area contributed by atoms with Gasteiger partial charge in [0.05, 0.1) is 12.0 Å². The standard InChI is InChI=1S/C40H41F3N6O3/c41-40(42,43)33-15-11-30(12-16-33)26-48-27-32(24-37(44)50)34-23-31(14-18-36(34)48)38(51)45-35(17-13-28-7-3-1-4-8-28)39(52)46-49-21-19-47(20-22-49)25-29-9-5-2-6-10-29/h1-12,14-16,18,23,27,35H,13,17,19-22,24-26H2,(H2,44,50)(H,45,51)(H,46,52)/t35-/m0/s1. The number of nitrogens with zero attached hydrogens (tertiary/aromatic N) is 3. The predicted molar refractivity (Wildman–Crippen MR) is 193 cm³/mol. The summed E-state index contributed by atoms with van der Waals surface area (Å²) in [7, 11) is 0. The topological polar surface area (TPSA) is 113 Å². The largest absolute Gasteiger partial charge is 0.416 e. The van der Waals surface area contributed by atoms with E-state index in [1.165, 1.54) is 17.7 Å². The number of benzene rings is 4. The number of fused-ring (bicyclic) bond motifs is 1. The maximum atomic E-state index is 13.8. The molecule has 52 heavy (non-hydrogen) atoms. The number of carbonyl (C=O) groups is 3. The first-order valence-electron chi connectivity index (χ1n) is 17.2. The highest BCUT2D eigenvalue weighted by molar-refractivity contribution is 6.01. The molecule has 1 saturated heterocycles. The third-order valence-electron chi connectivity index (χ3n) is 9.30. The number of hydrogen-bond acceptors (Lipinski definition) is 5. The molecule has 4 N–H and O–H groups in total. The summed E-state index contributed by atoms with van der Waals surface area (Å²) in [5.74, 6) is -1.33. The average molecular weight is 711 g/mol. The highest BCUT2D eigenvalue weighted by Crippen LogP contribution is 2.30. The van der Waals surface area contributed by atoms with Crippen LogP contribution in [0.25, 0.3) is 10.9 Å². The SMILES string of the molecule is NC(=O)Cc1cn(Cc2ccc(C(F)(F)F)cc2)c2ccc(C(=O)N[C@@H](CCc3ccccc3)C(=O)NN3CCN(Cc4ccccc4)CC3)cc12. The van der Waals surface area contributed by atoms with Gasteiger partial charge in [0.15, 0.2) is 0 Å². The number of nitrogens with one attached hydrogen (secondary N) is 2. The summed E-state index contributed by atoms with van der Waals surface area (Å²) >= 11 is 0. The number of hydrazine groups is 1. The molecule has 9 nitrogen and oxygen atoms in total. The van der Waals surface area contributed by atoms with Crippen molar-refractivity contribution in [1.82, 2.24) is 25.2 Å². The van der Waals surface area contributed by atoms with Gasteiger partial charge < -0.3 is 15.6 Å². The van der Waals surface area contributed by atoms with Crippen molar-refractivity contribution in [2.75, 3.05) is 26.2 Å². The lowest BCUT2D eigenvalue weighted by Crippen LogP contribution is -2.57. The van der Waals surface area contributed by atoms with E-state index in [4.69, 9.17) is 5.73 Å². The van der Waals surface area contributed by atoms with Crippen LogP contribution in [-0.4, -0.2) is 64.4 Å². The third-order valence-corrected chi connectivity index (χ3v) is 9.30. The van der Waals surface area contributed by atoms with Gasteiger partial charge in [-0.25, -0.2) is 5.01 Å². The zero-order chi connectivity index (χ0) is 36.7. The molecule has 0 radical (unpaired) electrons. The summed E-state index contributed by atoms with van der Waals surface area (Å²) in [6, 6.07) is 29.1. The van der Waals surface area contributed by atoms with Crippen LogP contribution in [-0.2, 0) is 41.7 Å². The summed E-state index contributed by atoms with van der Waals surface area (Å²) in [5.41, 5.74) is 12.3. The molecule has 2 heterocycles. The molecule has 270 valence electrons. The van der Waals surface area contributed by atoms with E-state index in [9.17, 15) is 27.6 Å². The van der Waals surface area contributed by atoms with Gasteiger partial charge in [-0.05, 0) is 65.4 Å². The molecular weight excluding hydrogens is 669 g/mol. The minimum atomic E-state index is -4.44. The van der Waals surface area contributed by atoms with Crippen LogP contribution in [0.1, 0.15) is 44.6 Å². The summed E-state index contributed by atoms with van der Waals surface area (Å²) in [4.78, 5) is 41.8. The number of aromatic nitrogens is 1. The second kappa shape index (κ2) is 16.3. The van der Waals surface area contributed by atoms with E-state index in [-0.39, 0.29) is 24.4 Å². The molecule has 0 unspecified atom stereocenters. The fraction of sp³-hybridized carbons (Fsp3) is 0.275. The monoisotopic (exact) mass is 710 g/mol. The molecule has 0 bridgehead atoms. The number of hydrogen-bond donors (Lipinski definition) is 3. The molecule has 0 aliphatic carbocycles. The van der Waals surface area contributed by atoms with E-state index < -0.39 is 29.6 Å². The Morgan fingerprint density at radius 3 is 2.04 bits per heavy atom. The quantitative estimate of drug-likeness (QED) is 0.153. The molecule has 6 rings (SSSR count). The summed E-state index contributed by atoms with van der Waals surface area (Å²) < 4.78 is 41.1. The lowest BCUT2D eigenvalue weighted by atomic mass is 10.0. The van der Waals surface area contributed by atoms with Gasteiger partial charge in [0.1, 0.15) is 6.04 Å². The van der Waals surface area contributed by atoms with Crippen molar-refractivity contribution in [3.05, 3.63) is 143 Å². The molecule has 1 atom stereocenters. The Hall–Kier alpha value is -5.46. The maximum absolute atomic E-state index is 13.8. The van der Waals surface area contributed by atoms with Gasteiger partial charge in [0.2, 0.25) is 5.91 Å². The summed E-state index contributed by atoms with van der Waals surface area (Å²) in [6.45, 7) is 3.91. The van der Waals surface area contributed by atoms with E-state index in [1.807, 2.05) is 58.1 Å². The van der Waals surface area contributed by atoms with Gasteiger partial charge >= 0.3 is 6.18 Å². The zero-order valence-electron chi connectivity index (χ0n) is 28.6. The highest BCUT2D eigenvalue weighted by atomic mass is 19.4. The van der Waals surface area contributed by atoms with Gasteiger partial charge in [-0.1, -0.05) is 72.8 Å². The Labute approximate surface area is 300 Å². The van der Waals surface area contributed by atoms with Crippen molar-refractivity contribution in [1.29, 1.82) is 0 Å². The van der Waals surface area contributed by atoms with Gasteiger partial charge in [-0.2, -0.15) is 13.2 Å². The van der Waals surface area contributed by atoms with Crippen molar-refractivity contribution >= 4 is 28.6 Å². The van der Waals surface area contributed by atoms with E-state index in [2.05, 4.69) is 27.8 Å². The minimum absolute atomic E-state index is 0.0949. The zero-order valence-corrected chi connectivity index (χ0v) is 28.6. The number of amides is 3. The van der Waals surface area contributed by atoms with Gasteiger partial charge in [0, 0.05) is 61.9 Å². The average Bonchev–Trinajstić information content (AvgIpc) is 3.46. The second-order valence-electron chi connectivity index (χ2n) is 13.1. The van der Waals surface area contributed by atoms with Crippen molar-refractivity contribution in [2.24, 2.45) is 5.73 Å².